The summed E-state index contributed by atoms with van der Waals surface area (Å²) in [6.45, 7) is 0. The second-order valence-corrected chi connectivity index (χ2v) is 13.8. The molecule has 10 aromatic rings. The SMILES string of the molecule is c1ccc(-c2nc3cccc(-c4ccccc4)c3nc2-c2ccc(-c3ccc(-c4nc5c(-c6ccccc6)cccc5nc4-c4ccccc4)cc3)cc2)cc1. The van der Waals surface area contributed by atoms with Gasteiger partial charge in [0.05, 0.1) is 44.8 Å². The molecule has 0 aliphatic heterocycles. The van der Waals surface area contributed by atoms with E-state index in [1.165, 1.54) is 0 Å². The fraction of sp³-hybridized carbons (Fsp3) is 0. The highest BCUT2D eigenvalue weighted by molar-refractivity contribution is 5.97. The molecule has 0 amide bonds. The summed E-state index contributed by atoms with van der Waals surface area (Å²) in [6.07, 6.45) is 0. The third kappa shape index (κ3) is 6.19. The standard InChI is InChI=1S/C52H34N4/c1-5-15-37(16-6-1)43-23-13-25-45-51(43)55-49(47(53-45)39-19-9-3-10-20-39)41-31-27-35(28-32-41)36-29-33-42(34-30-36)50-48(40-21-11-4-12-22-40)54-46-26-14-24-44(52(46)56-50)38-17-7-2-8-18-38/h1-34H. The van der Waals surface area contributed by atoms with Crippen LogP contribution >= 0.6 is 0 Å². The number of fused-ring (bicyclic) bond motifs is 2. The average Bonchev–Trinajstić information content (AvgIpc) is 3.29. The Morgan fingerprint density at radius 1 is 0.196 bits per heavy atom. The number of nitrogens with zero attached hydrogens (tertiary/aromatic N) is 4. The van der Waals surface area contributed by atoms with Crippen LogP contribution in [-0.2, 0) is 0 Å². The van der Waals surface area contributed by atoms with Crippen molar-refractivity contribution in [1.29, 1.82) is 0 Å². The van der Waals surface area contributed by atoms with Crippen LogP contribution in [0.3, 0.4) is 0 Å². The molecule has 4 nitrogen and oxygen atoms in total. The summed E-state index contributed by atoms with van der Waals surface area (Å²) >= 11 is 0. The van der Waals surface area contributed by atoms with Gasteiger partial charge >= 0.3 is 0 Å². The van der Waals surface area contributed by atoms with Crippen LogP contribution in [0.4, 0.5) is 0 Å². The molecule has 262 valence electrons. The lowest BCUT2D eigenvalue weighted by atomic mass is 9.97. The molecule has 8 aromatic carbocycles. The van der Waals surface area contributed by atoms with E-state index >= 15 is 0 Å². The first-order valence-electron chi connectivity index (χ1n) is 18.8. The maximum Gasteiger partial charge on any atom is 0.0973 e. The quantitative estimate of drug-likeness (QED) is 0.165. The average molecular weight is 715 g/mol. The highest BCUT2D eigenvalue weighted by Gasteiger charge is 2.18. The maximum absolute atomic E-state index is 5.35. The van der Waals surface area contributed by atoms with E-state index in [0.29, 0.717) is 0 Å². The summed E-state index contributed by atoms with van der Waals surface area (Å²) in [4.78, 5) is 21.1. The molecule has 0 saturated heterocycles. The topological polar surface area (TPSA) is 51.6 Å². The van der Waals surface area contributed by atoms with Crippen LogP contribution in [0, 0.1) is 0 Å². The van der Waals surface area contributed by atoms with Gasteiger partial charge in [0, 0.05) is 33.4 Å². The predicted molar refractivity (Wildman–Crippen MR) is 231 cm³/mol. The first kappa shape index (κ1) is 33.0. The van der Waals surface area contributed by atoms with Gasteiger partial charge in [0.25, 0.3) is 0 Å². The summed E-state index contributed by atoms with van der Waals surface area (Å²) in [6, 6.07) is 71.2. The molecule has 0 spiro atoms. The van der Waals surface area contributed by atoms with Crippen molar-refractivity contribution < 1.29 is 0 Å². The van der Waals surface area contributed by atoms with E-state index in [-0.39, 0.29) is 0 Å². The molecular formula is C52H34N4. The molecule has 0 fully saturated rings. The van der Waals surface area contributed by atoms with Crippen LogP contribution in [0.1, 0.15) is 0 Å². The molecule has 0 aliphatic rings. The van der Waals surface area contributed by atoms with Crippen molar-refractivity contribution in [2.24, 2.45) is 0 Å². The molecular weight excluding hydrogens is 681 g/mol. The van der Waals surface area contributed by atoms with Crippen molar-refractivity contribution in [1.82, 2.24) is 19.9 Å². The zero-order chi connectivity index (χ0) is 37.3. The first-order valence-corrected chi connectivity index (χ1v) is 18.8. The van der Waals surface area contributed by atoms with Crippen molar-refractivity contribution in [2.45, 2.75) is 0 Å². The summed E-state index contributed by atoms with van der Waals surface area (Å²) in [5.74, 6) is 0. The van der Waals surface area contributed by atoms with Gasteiger partial charge in [0.2, 0.25) is 0 Å². The minimum Gasteiger partial charge on any atom is -0.244 e. The predicted octanol–water partition coefficient (Wildman–Crippen LogP) is 13.2. The van der Waals surface area contributed by atoms with Crippen molar-refractivity contribution in [3.8, 4) is 78.4 Å². The first-order chi connectivity index (χ1) is 27.8. The third-order valence-electron chi connectivity index (χ3n) is 10.3. The Morgan fingerprint density at radius 2 is 0.482 bits per heavy atom. The summed E-state index contributed by atoms with van der Waals surface area (Å²) < 4.78 is 0. The van der Waals surface area contributed by atoms with Crippen molar-refractivity contribution in [3.05, 3.63) is 206 Å². The zero-order valence-electron chi connectivity index (χ0n) is 30.4. The Balaban J connectivity index is 1.04. The second-order valence-electron chi connectivity index (χ2n) is 13.8. The molecule has 0 saturated carbocycles. The van der Waals surface area contributed by atoms with E-state index in [1.807, 2.05) is 60.7 Å². The minimum atomic E-state index is 0.854. The van der Waals surface area contributed by atoms with Crippen LogP contribution in [0.2, 0.25) is 0 Å². The van der Waals surface area contributed by atoms with E-state index in [1.54, 1.807) is 0 Å². The number of aromatic nitrogens is 4. The molecule has 0 unspecified atom stereocenters. The number of para-hydroxylation sites is 2. The van der Waals surface area contributed by atoms with Gasteiger partial charge in [-0.3, -0.25) is 0 Å². The van der Waals surface area contributed by atoms with Gasteiger partial charge in [-0.1, -0.05) is 194 Å². The minimum absolute atomic E-state index is 0.854. The lowest BCUT2D eigenvalue weighted by Gasteiger charge is -2.14. The number of rotatable bonds is 7. The van der Waals surface area contributed by atoms with Gasteiger partial charge in [-0.25, -0.2) is 19.9 Å². The van der Waals surface area contributed by atoms with E-state index in [9.17, 15) is 0 Å². The molecule has 10 rings (SSSR count). The Morgan fingerprint density at radius 3 is 0.839 bits per heavy atom. The summed E-state index contributed by atoms with van der Waals surface area (Å²) in [7, 11) is 0. The van der Waals surface area contributed by atoms with Crippen molar-refractivity contribution >= 4 is 22.1 Å². The molecule has 56 heavy (non-hydrogen) atoms. The molecule has 0 N–H and O–H groups in total. The van der Waals surface area contributed by atoms with E-state index < -0.39 is 0 Å². The van der Waals surface area contributed by atoms with Crippen LogP contribution in [0.5, 0.6) is 0 Å². The van der Waals surface area contributed by atoms with Gasteiger partial charge in [-0.05, 0) is 34.4 Å². The van der Waals surface area contributed by atoms with Crippen LogP contribution in [0.25, 0.3) is 100 Å². The molecule has 4 heteroatoms. The highest BCUT2D eigenvalue weighted by atomic mass is 14.8. The Labute approximate surface area is 325 Å². The molecule has 0 bridgehead atoms. The molecule has 2 aromatic heterocycles. The second kappa shape index (κ2) is 14.3. The normalized spacial score (nSPS) is 11.2. The van der Waals surface area contributed by atoms with Crippen molar-refractivity contribution in [2.75, 3.05) is 0 Å². The van der Waals surface area contributed by atoms with Gasteiger partial charge in [0.15, 0.2) is 0 Å². The Hall–Kier alpha value is -7.56. The lowest BCUT2D eigenvalue weighted by molar-refractivity contribution is 1.29. The van der Waals surface area contributed by atoms with Crippen LogP contribution < -0.4 is 0 Å². The number of hydrogen-bond donors (Lipinski definition) is 0. The van der Waals surface area contributed by atoms with E-state index in [4.69, 9.17) is 19.9 Å². The van der Waals surface area contributed by atoms with Crippen molar-refractivity contribution in [3.63, 3.8) is 0 Å². The van der Waals surface area contributed by atoms with Gasteiger partial charge in [0.1, 0.15) is 0 Å². The fourth-order valence-electron chi connectivity index (χ4n) is 7.49. The highest BCUT2D eigenvalue weighted by Crippen LogP contribution is 2.37. The van der Waals surface area contributed by atoms with E-state index in [2.05, 4.69) is 146 Å². The van der Waals surface area contributed by atoms with Gasteiger partial charge in [-0.2, -0.15) is 0 Å². The number of hydrogen-bond acceptors (Lipinski definition) is 4. The third-order valence-corrected chi connectivity index (χ3v) is 10.3. The lowest BCUT2D eigenvalue weighted by Crippen LogP contribution is -1.97. The molecule has 0 atom stereocenters. The number of benzene rings is 8. The summed E-state index contributed by atoms with van der Waals surface area (Å²) in [5.41, 5.74) is 17.6. The molecule has 0 radical (unpaired) electrons. The molecule has 0 aliphatic carbocycles. The largest absolute Gasteiger partial charge is 0.244 e. The van der Waals surface area contributed by atoms with Crippen LogP contribution in [0.15, 0.2) is 206 Å². The molecule has 2 heterocycles. The zero-order valence-corrected chi connectivity index (χ0v) is 30.4. The van der Waals surface area contributed by atoms with Crippen LogP contribution in [-0.4, -0.2) is 19.9 Å². The van der Waals surface area contributed by atoms with E-state index in [0.717, 1.165) is 100 Å². The Bertz CT molecular complexity index is 2760. The smallest absolute Gasteiger partial charge is 0.0973 e. The summed E-state index contributed by atoms with van der Waals surface area (Å²) in [5, 5.41) is 0. The Kier molecular flexibility index (Phi) is 8.47. The maximum atomic E-state index is 5.35. The fourth-order valence-corrected chi connectivity index (χ4v) is 7.49. The van der Waals surface area contributed by atoms with Gasteiger partial charge < -0.3 is 0 Å². The van der Waals surface area contributed by atoms with Gasteiger partial charge in [-0.15, -0.1) is 0 Å². The monoisotopic (exact) mass is 714 g/mol.